The van der Waals surface area contributed by atoms with Gasteiger partial charge in [0.1, 0.15) is 0 Å². The molecule has 0 rings (SSSR count). The maximum absolute atomic E-state index is 9.50. The Morgan fingerprint density at radius 3 is 2.50 bits per heavy atom. The summed E-state index contributed by atoms with van der Waals surface area (Å²) in [6, 6.07) is 0. The van der Waals surface area contributed by atoms with Gasteiger partial charge in [0.25, 0.3) is 0 Å². The predicted molar refractivity (Wildman–Crippen MR) is 32.2 cm³/mol. The van der Waals surface area contributed by atoms with Gasteiger partial charge in [-0.05, 0) is 0 Å². The maximum Gasteiger partial charge on any atom is 0.327 e. The van der Waals surface area contributed by atoms with Crippen LogP contribution in [0.3, 0.4) is 0 Å². The van der Waals surface area contributed by atoms with Gasteiger partial charge in [-0.25, -0.2) is 4.57 Å². The first-order valence-electron chi connectivity index (χ1n) is 1.85. The monoisotopic (exact) mass is 138 g/mol. The van der Waals surface area contributed by atoms with Crippen LogP contribution < -0.4 is 0 Å². The highest BCUT2D eigenvalue weighted by Gasteiger charge is 1.79. The summed E-state index contributed by atoms with van der Waals surface area (Å²) in [5.74, 6) is 0. The Hall–Kier alpha value is 0.0200. The summed E-state index contributed by atoms with van der Waals surface area (Å²) in [6.45, 7) is 0.886. The Bertz CT molecular complexity index is 48.5. The van der Waals surface area contributed by atoms with E-state index in [4.69, 9.17) is 0 Å². The molecule has 50 valence electrons. The summed E-state index contributed by atoms with van der Waals surface area (Å²) in [4.78, 5) is 0. The van der Waals surface area contributed by atoms with Gasteiger partial charge in [0.2, 0.25) is 0 Å². The van der Waals surface area contributed by atoms with Gasteiger partial charge in [-0.1, -0.05) is 7.43 Å². The Morgan fingerprint density at radius 1 is 1.50 bits per heavy atom. The Morgan fingerprint density at radius 2 is 2.12 bits per heavy atom. The second-order valence-electron chi connectivity index (χ2n) is 0.901. The summed E-state index contributed by atoms with van der Waals surface area (Å²) >= 11 is 0. The van der Waals surface area contributed by atoms with E-state index in [0.29, 0.717) is 13.2 Å². The lowest BCUT2D eigenvalue weighted by Gasteiger charge is -1.89. The molecule has 0 fully saturated rings. The lowest BCUT2D eigenvalue weighted by Crippen LogP contribution is -1.93. The number of rotatable bonds is 4. The minimum atomic E-state index is -0.275. The molecule has 3 nitrogen and oxygen atoms in total. The highest BCUT2D eigenvalue weighted by molar-refractivity contribution is 7.17. The molecule has 0 aliphatic heterocycles. The SMILES string of the molecule is C.COCCOP=O. The van der Waals surface area contributed by atoms with Gasteiger partial charge in [0, 0.05) is 7.11 Å². The predicted octanol–water partition coefficient (Wildman–Crippen LogP) is 1.49. The Labute approximate surface area is 51.3 Å². The van der Waals surface area contributed by atoms with Crippen LogP contribution in [0.1, 0.15) is 7.43 Å². The first-order chi connectivity index (χ1) is 3.41. The Balaban J connectivity index is 0. The van der Waals surface area contributed by atoms with Crippen LogP contribution in [-0.2, 0) is 13.8 Å². The molecule has 0 bridgehead atoms. The van der Waals surface area contributed by atoms with E-state index < -0.39 is 0 Å². The molecule has 0 saturated heterocycles. The van der Waals surface area contributed by atoms with Crippen LogP contribution in [0.15, 0.2) is 0 Å². The van der Waals surface area contributed by atoms with Gasteiger partial charge >= 0.3 is 8.69 Å². The second-order valence-corrected chi connectivity index (χ2v) is 1.31. The molecule has 0 aliphatic carbocycles. The molecular formula is C4H11O3P. The van der Waals surface area contributed by atoms with E-state index in [9.17, 15) is 4.57 Å². The third-order valence-electron chi connectivity index (χ3n) is 0.431. The van der Waals surface area contributed by atoms with Gasteiger partial charge < -0.3 is 4.74 Å². The third-order valence-corrected chi connectivity index (χ3v) is 0.719. The molecule has 0 aromatic carbocycles. The smallest absolute Gasteiger partial charge is 0.327 e. The molecule has 4 heteroatoms. The van der Waals surface area contributed by atoms with Crippen LogP contribution in [0.4, 0.5) is 0 Å². The van der Waals surface area contributed by atoms with Crippen molar-refractivity contribution >= 4 is 8.69 Å². The van der Waals surface area contributed by atoms with E-state index in [1.165, 1.54) is 0 Å². The average Bonchev–Trinajstić information content (AvgIpc) is 1.69. The van der Waals surface area contributed by atoms with Crippen molar-refractivity contribution in [3.05, 3.63) is 0 Å². The first-order valence-corrected chi connectivity index (χ1v) is 2.58. The molecule has 0 saturated carbocycles. The fourth-order valence-electron chi connectivity index (χ4n) is 0.158. The molecule has 0 heterocycles. The van der Waals surface area contributed by atoms with Crippen molar-refractivity contribution in [2.45, 2.75) is 7.43 Å². The zero-order valence-electron chi connectivity index (χ0n) is 4.09. The van der Waals surface area contributed by atoms with Crippen LogP contribution in [0.5, 0.6) is 0 Å². The number of methoxy groups -OCH3 is 1. The highest BCUT2D eigenvalue weighted by Crippen LogP contribution is 1.90. The number of hydrogen-bond acceptors (Lipinski definition) is 3. The highest BCUT2D eigenvalue weighted by atomic mass is 31.1. The van der Waals surface area contributed by atoms with Crippen molar-refractivity contribution in [3.63, 3.8) is 0 Å². The molecule has 0 N–H and O–H groups in total. The van der Waals surface area contributed by atoms with Gasteiger partial charge in [0.05, 0.1) is 13.2 Å². The van der Waals surface area contributed by atoms with Gasteiger partial charge in [-0.15, -0.1) is 0 Å². The van der Waals surface area contributed by atoms with Crippen LogP contribution in [0.25, 0.3) is 0 Å². The normalized spacial score (nSPS) is 8.62. The van der Waals surface area contributed by atoms with Crippen molar-refractivity contribution in [1.82, 2.24) is 0 Å². The molecule has 0 aliphatic rings. The van der Waals surface area contributed by atoms with Crippen LogP contribution in [0.2, 0.25) is 0 Å². The number of hydrogen-bond donors (Lipinski definition) is 0. The fourth-order valence-corrected chi connectivity index (χ4v) is 0.307. The molecule has 8 heavy (non-hydrogen) atoms. The third kappa shape index (κ3) is 9.39. The minimum Gasteiger partial charge on any atom is -0.382 e. The van der Waals surface area contributed by atoms with Crippen molar-refractivity contribution in [2.24, 2.45) is 0 Å². The largest absolute Gasteiger partial charge is 0.382 e. The van der Waals surface area contributed by atoms with Crippen LogP contribution >= 0.6 is 8.69 Å². The quantitative estimate of drug-likeness (QED) is 0.436. The van der Waals surface area contributed by atoms with E-state index in [-0.39, 0.29) is 16.1 Å². The standard InChI is InChI=1S/C3H7O3P.CH4/c1-5-2-3-6-7-4;/h2-3H2,1H3;1H4. The van der Waals surface area contributed by atoms with Crippen molar-refractivity contribution in [1.29, 1.82) is 0 Å². The second kappa shape index (κ2) is 10.1. The first kappa shape index (κ1) is 10.9. The van der Waals surface area contributed by atoms with Crippen molar-refractivity contribution in [3.8, 4) is 0 Å². The summed E-state index contributed by atoms with van der Waals surface area (Å²) in [5, 5.41) is 0. The zero-order chi connectivity index (χ0) is 5.54. The molecule has 0 atom stereocenters. The van der Waals surface area contributed by atoms with Crippen LogP contribution in [0, 0.1) is 0 Å². The zero-order valence-corrected chi connectivity index (χ0v) is 4.98. The molecule has 0 aromatic heterocycles. The molecule has 0 radical (unpaired) electrons. The van der Waals surface area contributed by atoms with Crippen molar-refractivity contribution in [2.75, 3.05) is 20.3 Å². The molecular weight excluding hydrogens is 127 g/mol. The topological polar surface area (TPSA) is 35.5 Å². The molecule has 0 aromatic rings. The van der Waals surface area contributed by atoms with Crippen molar-refractivity contribution < 1.29 is 13.8 Å². The van der Waals surface area contributed by atoms with E-state index >= 15 is 0 Å². The summed E-state index contributed by atoms with van der Waals surface area (Å²) in [5.41, 5.74) is 0. The number of ether oxygens (including phenoxy) is 1. The van der Waals surface area contributed by atoms with Gasteiger partial charge in [-0.3, -0.25) is 4.52 Å². The summed E-state index contributed by atoms with van der Waals surface area (Å²) in [6.07, 6.45) is 0. The van der Waals surface area contributed by atoms with E-state index in [0.717, 1.165) is 0 Å². The maximum atomic E-state index is 9.50. The fraction of sp³-hybridized carbons (Fsp3) is 1.00. The average molecular weight is 138 g/mol. The molecule has 0 amide bonds. The summed E-state index contributed by atoms with van der Waals surface area (Å²) < 4.78 is 18.4. The van der Waals surface area contributed by atoms with Crippen LogP contribution in [-0.4, -0.2) is 20.3 Å². The van der Waals surface area contributed by atoms with Gasteiger partial charge in [-0.2, -0.15) is 0 Å². The lowest BCUT2D eigenvalue weighted by molar-refractivity contribution is 0.153. The summed E-state index contributed by atoms with van der Waals surface area (Å²) in [7, 11) is 1.29. The van der Waals surface area contributed by atoms with E-state index in [2.05, 4.69) is 9.26 Å². The molecule has 0 unspecified atom stereocenters. The van der Waals surface area contributed by atoms with Gasteiger partial charge in [0.15, 0.2) is 0 Å². The lowest BCUT2D eigenvalue weighted by atomic mass is 10.8. The Kier molecular flexibility index (Phi) is 13.8. The van der Waals surface area contributed by atoms with E-state index in [1.807, 2.05) is 0 Å². The molecule has 0 spiro atoms. The minimum absolute atomic E-state index is 0. The van der Waals surface area contributed by atoms with E-state index in [1.54, 1.807) is 7.11 Å².